The molecule has 3 rings (SSSR count). The van der Waals surface area contributed by atoms with E-state index in [1.54, 1.807) is 12.4 Å². The summed E-state index contributed by atoms with van der Waals surface area (Å²) in [7, 11) is 3.94. The molecule has 6 heteroatoms. The summed E-state index contributed by atoms with van der Waals surface area (Å²) in [5, 5.41) is 4.82. The monoisotopic (exact) mass is 325 g/mol. The lowest BCUT2D eigenvalue weighted by Crippen LogP contribution is -2.08. The molecular formula is C17H16ClN5. The van der Waals surface area contributed by atoms with Crippen molar-refractivity contribution in [1.29, 1.82) is 0 Å². The largest absolute Gasteiger partial charge is 0.378 e. The van der Waals surface area contributed by atoms with Gasteiger partial charge in [-0.1, -0.05) is 23.7 Å². The van der Waals surface area contributed by atoms with E-state index in [2.05, 4.69) is 20.5 Å². The van der Waals surface area contributed by atoms with Crippen LogP contribution in [0, 0.1) is 0 Å². The Morgan fingerprint density at radius 3 is 2.65 bits per heavy atom. The lowest BCUT2D eigenvalue weighted by atomic mass is 10.2. The third-order valence-electron chi connectivity index (χ3n) is 3.33. The number of hydrogen-bond acceptors (Lipinski definition) is 5. The number of nitrogens with one attached hydrogen (secondary N) is 1. The fourth-order valence-electron chi connectivity index (χ4n) is 2.08. The van der Waals surface area contributed by atoms with E-state index in [1.807, 2.05) is 61.5 Å². The highest BCUT2D eigenvalue weighted by Crippen LogP contribution is 2.21. The summed E-state index contributed by atoms with van der Waals surface area (Å²) in [6, 6.07) is 13.5. The topological polar surface area (TPSA) is 53.4 Å². The van der Waals surface area contributed by atoms with Crippen LogP contribution in [-0.2, 0) is 0 Å². The number of rotatable bonds is 4. The minimum Gasteiger partial charge on any atom is -0.378 e. The lowest BCUT2D eigenvalue weighted by molar-refractivity contribution is 1.13. The third kappa shape index (κ3) is 3.57. The average molecular weight is 326 g/mol. The zero-order valence-electron chi connectivity index (χ0n) is 12.9. The van der Waals surface area contributed by atoms with Crippen LogP contribution in [0.15, 0.2) is 53.8 Å². The molecule has 0 bridgehead atoms. The number of halogens is 1. The van der Waals surface area contributed by atoms with E-state index in [0.717, 1.165) is 22.3 Å². The van der Waals surface area contributed by atoms with Crippen LogP contribution >= 0.6 is 11.6 Å². The van der Waals surface area contributed by atoms with Crippen LogP contribution in [0.2, 0.25) is 5.02 Å². The molecule has 2 aromatic carbocycles. The summed E-state index contributed by atoms with van der Waals surface area (Å²) in [6.07, 6.45) is 3.31. The van der Waals surface area contributed by atoms with E-state index in [1.165, 1.54) is 0 Å². The first kappa shape index (κ1) is 15.2. The molecule has 0 fully saturated rings. The quantitative estimate of drug-likeness (QED) is 0.585. The van der Waals surface area contributed by atoms with Crippen molar-refractivity contribution in [2.45, 2.75) is 0 Å². The SMILES string of the molecule is CN(C)c1ccc(C=NNc2cnc3ccccc3n2)c(Cl)c1. The molecule has 1 N–H and O–H groups in total. The number of aromatic nitrogens is 2. The van der Waals surface area contributed by atoms with Crippen LogP contribution in [-0.4, -0.2) is 30.3 Å². The minimum atomic E-state index is 0.584. The zero-order chi connectivity index (χ0) is 16.2. The van der Waals surface area contributed by atoms with Crippen molar-refractivity contribution in [1.82, 2.24) is 9.97 Å². The van der Waals surface area contributed by atoms with Crippen molar-refractivity contribution in [3.63, 3.8) is 0 Å². The molecule has 1 aromatic heterocycles. The number of benzene rings is 2. The Bertz CT molecular complexity index is 860. The summed E-state index contributed by atoms with van der Waals surface area (Å²) in [4.78, 5) is 10.8. The van der Waals surface area contributed by atoms with Crippen molar-refractivity contribution in [2.24, 2.45) is 5.10 Å². The molecule has 1 heterocycles. The van der Waals surface area contributed by atoms with Gasteiger partial charge >= 0.3 is 0 Å². The van der Waals surface area contributed by atoms with E-state index in [4.69, 9.17) is 11.6 Å². The highest BCUT2D eigenvalue weighted by atomic mass is 35.5. The van der Waals surface area contributed by atoms with Crippen LogP contribution in [0.25, 0.3) is 11.0 Å². The van der Waals surface area contributed by atoms with E-state index < -0.39 is 0 Å². The molecule has 116 valence electrons. The summed E-state index contributed by atoms with van der Waals surface area (Å²) in [5.41, 5.74) is 6.42. The second-order valence-electron chi connectivity index (χ2n) is 5.21. The maximum Gasteiger partial charge on any atom is 0.165 e. The van der Waals surface area contributed by atoms with Gasteiger partial charge in [0.25, 0.3) is 0 Å². The molecule has 0 aliphatic carbocycles. The van der Waals surface area contributed by atoms with Crippen LogP contribution in [0.5, 0.6) is 0 Å². The van der Waals surface area contributed by atoms with Crippen LogP contribution in [0.3, 0.4) is 0 Å². The molecule has 23 heavy (non-hydrogen) atoms. The summed E-state index contributed by atoms with van der Waals surface area (Å²) < 4.78 is 0. The van der Waals surface area contributed by atoms with E-state index >= 15 is 0 Å². The van der Waals surface area contributed by atoms with Gasteiger partial charge in [-0.05, 0) is 30.3 Å². The van der Waals surface area contributed by atoms with Crippen molar-refractivity contribution >= 4 is 40.4 Å². The van der Waals surface area contributed by atoms with Gasteiger partial charge in [-0.2, -0.15) is 5.10 Å². The van der Waals surface area contributed by atoms with E-state index in [9.17, 15) is 0 Å². The number of anilines is 2. The molecule has 0 atom stereocenters. The molecular weight excluding hydrogens is 310 g/mol. The summed E-state index contributed by atoms with van der Waals surface area (Å²) in [6.45, 7) is 0. The zero-order valence-corrected chi connectivity index (χ0v) is 13.6. The Balaban J connectivity index is 1.75. The normalized spacial score (nSPS) is 11.1. The highest BCUT2D eigenvalue weighted by molar-refractivity contribution is 6.33. The first-order chi connectivity index (χ1) is 11.1. The number of nitrogens with zero attached hydrogens (tertiary/aromatic N) is 4. The highest BCUT2D eigenvalue weighted by Gasteiger charge is 2.02. The molecule has 5 nitrogen and oxygen atoms in total. The van der Waals surface area contributed by atoms with Gasteiger partial charge < -0.3 is 4.90 Å². The number of fused-ring (bicyclic) bond motifs is 1. The molecule has 0 spiro atoms. The Morgan fingerprint density at radius 1 is 1.13 bits per heavy atom. The maximum atomic E-state index is 6.26. The fraction of sp³-hybridized carbons (Fsp3) is 0.118. The van der Waals surface area contributed by atoms with E-state index in [-0.39, 0.29) is 0 Å². The van der Waals surface area contributed by atoms with E-state index in [0.29, 0.717) is 10.8 Å². The Hall–Kier alpha value is -2.66. The Kier molecular flexibility index (Phi) is 4.39. The van der Waals surface area contributed by atoms with Gasteiger partial charge in [0.1, 0.15) is 0 Å². The number of hydrogen-bond donors (Lipinski definition) is 1. The first-order valence-electron chi connectivity index (χ1n) is 7.11. The van der Waals surface area contributed by atoms with Gasteiger partial charge in [0, 0.05) is 25.3 Å². The predicted molar refractivity (Wildman–Crippen MR) is 96.5 cm³/mol. The molecule has 3 aromatic rings. The third-order valence-corrected chi connectivity index (χ3v) is 3.66. The standard InChI is InChI=1S/C17H16ClN5/c1-23(2)13-8-7-12(14(18)9-13)10-20-22-17-11-19-15-5-3-4-6-16(15)21-17/h3-11H,1-2H3,(H,21,22). The predicted octanol–water partition coefficient (Wildman–Crippen LogP) is 3.80. The average Bonchev–Trinajstić information content (AvgIpc) is 2.56. The van der Waals surface area contributed by atoms with Crippen molar-refractivity contribution in [3.8, 4) is 0 Å². The van der Waals surface area contributed by atoms with Gasteiger partial charge in [0.15, 0.2) is 5.82 Å². The Morgan fingerprint density at radius 2 is 1.91 bits per heavy atom. The Labute approximate surface area is 139 Å². The number of hydrazone groups is 1. The molecule has 0 amide bonds. The smallest absolute Gasteiger partial charge is 0.165 e. The maximum absolute atomic E-state index is 6.26. The van der Waals surface area contributed by atoms with Crippen molar-refractivity contribution in [3.05, 3.63) is 59.2 Å². The number of para-hydroxylation sites is 2. The minimum absolute atomic E-state index is 0.584. The second kappa shape index (κ2) is 6.62. The van der Waals surface area contributed by atoms with Crippen LogP contribution < -0.4 is 10.3 Å². The molecule has 0 aliphatic rings. The fourth-order valence-corrected chi connectivity index (χ4v) is 2.30. The van der Waals surface area contributed by atoms with Crippen LogP contribution in [0.1, 0.15) is 5.56 Å². The lowest BCUT2D eigenvalue weighted by Gasteiger charge is -2.13. The molecule has 0 saturated carbocycles. The summed E-state index contributed by atoms with van der Waals surface area (Å²) >= 11 is 6.26. The molecule has 0 aliphatic heterocycles. The van der Waals surface area contributed by atoms with Gasteiger partial charge in [0.2, 0.25) is 0 Å². The van der Waals surface area contributed by atoms with Crippen molar-refractivity contribution < 1.29 is 0 Å². The van der Waals surface area contributed by atoms with Gasteiger partial charge in [-0.15, -0.1) is 0 Å². The van der Waals surface area contributed by atoms with Crippen molar-refractivity contribution in [2.75, 3.05) is 24.4 Å². The molecule has 0 radical (unpaired) electrons. The molecule has 0 saturated heterocycles. The molecule has 0 unspecified atom stereocenters. The van der Waals surface area contributed by atoms with Gasteiger partial charge in [-0.25, -0.2) is 4.98 Å². The van der Waals surface area contributed by atoms with Gasteiger partial charge in [0.05, 0.1) is 28.5 Å². The van der Waals surface area contributed by atoms with Crippen LogP contribution in [0.4, 0.5) is 11.5 Å². The van der Waals surface area contributed by atoms with Gasteiger partial charge in [-0.3, -0.25) is 10.4 Å². The second-order valence-corrected chi connectivity index (χ2v) is 5.62. The first-order valence-corrected chi connectivity index (χ1v) is 7.49. The summed E-state index contributed by atoms with van der Waals surface area (Å²) in [5.74, 6) is 0.584.